The Morgan fingerprint density at radius 2 is 1.89 bits per heavy atom. The van der Waals surface area contributed by atoms with Gasteiger partial charge in [-0.25, -0.2) is 9.88 Å². The van der Waals surface area contributed by atoms with Gasteiger partial charge in [0.25, 0.3) is 0 Å². The van der Waals surface area contributed by atoms with E-state index in [1.165, 1.54) is 11.8 Å². The smallest absolute Gasteiger partial charge is 0.247 e. The fourth-order valence-corrected chi connectivity index (χ4v) is 4.51. The summed E-state index contributed by atoms with van der Waals surface area (Å²) in [4.78, 5) is 31.0. The average molecular weight is 374 g/mol. The van der Waals surface area contributed by atoms with Gasteiger partial charge in [-0.3, -0.25) is 9.59 Å². The molecule has 1 atom stereocenters. The van der Waals surface area contributed by atoms with Crippen LogP contribution in [0.25, 0.3) is 0 Å². The molecule has 27 heavy (non-hydrogen) atoms. The molecule has 0 radical (unpaired) electrons. The fraction of sp³-hybridized carbons (Fsp3) is 0.250. The molecule has 1 aromatic carbocycles. The molecule has 2 aromatic rings. The van der Waals surface area contributed by atoms with Crippen molar-refractivity contribution in [3.63, 3.8) is 0 Å². The van der Waals surface area contributed by atoms with E-state index in [1.54, 1.807) is 24.3 Å². The molecule has 132 valence electrons. The minimum absolute atomic E-state index is 0.0626. The summed E-state index contributed by atoms with van der Waals surface area (Å²) < 4.78 is 0. The monoisotopic (exact) mass is 374 g/mol. The van der Waals surface area contributed by atoms with Crippen LogP contribution in [-0.2, 0) is 22.4 Å². The number of anilines is 1. The third-order valence-corrected chi connectivity index (χ3v) is 5.94. The van der Waals surface area contributed by atoms with E-state index in [0.29, 0.717) is 21.8 Å². The van der Waals surface area contributed by atoms with Crippen molar-refractivity contribution in [1.29, 1.82) is 10.5 Å². The predicted octanol–water partition coefficient (Wildman–Crippen LogP) is 2.74. The maximum atomic E-state index is 12.8. The molecule has 1 aliphatic heterocycles. The lowest BCUT2D eigenvalue weighted by atomic mass is 10.2. The van der Waals surface area contributed by atoms with Gasteiger partial charge in [0, 0.05) is 12.1 Å². The number of rotatable bonds is 3. The van der Waals surface area contributed by atoms with Gasteiger partial charge in [-0.15, -0.1) is 0 Å². The molecule has 0 spiro atoms. The normalized spacial score (nSPS) is 18.3. The molecule has 2 heterocycles. The Bertz CT molecular complexity index is 1030. The molecule has 0 bridgehead atoms. The number of imide groups is 1. The first-order chi connectivity index (χ1) is 13.1. The summed E-state index contributed by atoms with van der Waals surface area (Å²) in [5.41, 5.74) is 3.46. The number of thioether (sulfide) groups is 1. The zero-order chi connectivity index (χ0) is 19.0. The number of aryl methyl sites for hydroxylation is 2. The molecule has 1 aromatic heterocycles. The fourth-order valence-electron chi connectivity index (χ4n) is 3.41. The molecule has 1 fully saturated rings. The maximum absolute atomic E-state index is 12.8. The van der Waals surface area contributed by atoms with Crippen LogP contribution in [0.4, 0.5) is 5.69 Å². The highest BCUT2D eigenvalue weighted by molar-refractivity contribution is 8.00. The molecule has 0 saturated carbocycles. The second-order valence-electron chi connectivity index (χ2n) is 6.45. The van der Waals surface area contributed by atoms with Crippen molar-refractivity contribution in [2.75, 3.05) is 4.90 Å². The minimum atomic E-state index is -0.604. The summed E-state index contributed by atoms with van der Waals surface area (Å²) in [7, 11) is 0. The van der Waals surface area contributed by atoms with Gasteiger partial charge in [0.15, 0.2) is 0 Å². The van der Waals surface area contributed by atoms with Crippen LogP contribution in [0.1, 0.15) is 35.2 Å². The highest BCUT2D eigenvalue weighted by Gasteiger charge is 2.40. The van der Waals surface area contributed by atoms with Crippen molar-refractivity contribution in [3.8, 4) is 12.1 Å². The molecular formula is C20H14N4O2S. The second-order valence-corrected chi connectivity index (χ2v) is 7.64. The first kappa shape index (κ1) is 17.3. The number of aromatic nitrogens is 1. The highest BCUT2D eigenvalue weighted by atomic mass is 32.2. The topological polar surface area (TPSA) is 97.8 Å². The van der Waals surface area contributed by atoms with Crippen LogP contribution < -0.4 is 4.90 Å². The number of pyridine rings is 1. The first-order valence-corrected chi connectivity index (χ1v) is 9.45. The van der Waals surface area contributed by atoms with Gasteiger partial charge in [0.1, 0.15) is 11.1 Å². The van der Waals surface area contributed by atoms with E-state index in [2.05, 4.69) is 11.1 Å². The lowest BCUT2D eigenvalue weighted by Crippen LogP contribution is -2.31. The molecule has 2 amide bonds. The summed E-state index contributed by atoms with van der Waals surface area (Å²) >= 11 is 1.19. The molecule has 7 heteroatoms. The molecule has 1 aliphatic carbocycles. The van der Waals surface area contributed by atoms with Crippen molar-refractivity contribution in [2.24, 2.45) is 0 Å². The quantitative estimate of drug-likeness (QED) is 0.766. The summed E-state index contributed by atoms with van der Waals surface area (Å²) in [5.74, 6) is -0.609. The number of benzene rings is 1. The first-order valence-electron chi connectivity index (χ1n) is 8.57. The summed E-state index contributed by atoms with van der Waals surface area (Å²) in [6.45, 7) is 0. The van der Waals surface area contributed by atoms with Gasteiger partial charge in [-0.2, -0.15) is 10.5 Å². The Labute approximate surface area is 160 Å². The predicted molar refractivity (Wildman–Crippen MR) is 98.9 cm³/mol. The molecule has 2 aliphatic rings. The number of hydrogen-bond donors (Lipinski definition) is 0. The van der Waals surface area contributed by atoms with Crippen molar-refractivity contribution in [2.45, 2.75) is 36.0 Å². The summed E-state index contributed by atoms with van der Waals surface area (Å²) in [6.07, 6.45) is 2.89. The van der Waals surface area contributed by atoms with Gasteiger partial charge < -0.3 is 0 Å². The van der Waals surface area contributed by atoms with Crippen LogP contribution in [-0.4, -0.2) is 22.0 Å². The van der Waals surface area contributed by atoms with Crippen molar-refractivity contribution >= 4 is 29.3 Å². The van der Waals surface area contributed by atoms with E-state index in [1.807, 2.05) is 12.1 Å². The van der Waals surface area contributed by atoms with E-state index >= 15 is 0 Å². The SMILES string of the molecule is N#Cc1ccc(N2C(=O)CC(Sc3nc4c(cc3C#N)CCC4)C2=O)cc1. The Hall–Kier alpha value is -3.16. The molecule has 4 rings (SSSR count). The molecule has 6 nitrogen and oxygen atoms in total. The van der Waals surface area contributed by atoms with Gasteiger partial charge in [-0.05, 0) is 55.2 Å². The van der Waals surface area contributed by atoms with Gasteiger partial charge in [0.05, 0.1) is 28.1 Å². The van der Waals surface area contributed by atoms with Gasteiger partial charge in [-0.1, -0.05) is 11.8 Å². The van der Waals surface area contributed by atoms with Crippen molar-refractivity contribution < 1.29 is 9.59 Å². The lowest BCUT2D eigenvalue weighted by Gasteiger charge is -2.15. The average Bonchev–Trinajstić information content (AvgIpc) is 3.25. The Balaban J connectivity index is 1.59. The van der Waals surface area contributed by atoms with Gasteiger partial charge >= 0.3 is 0 Å². The molecule has 0 N–H and O–H groups in total. The van der Waals surface area contributed by atoms with E-state index in [4.69, 9.17) is 5.26 Å². The Morgan fingerprint density at radius 3 is 2.59 bits per heavy atom. The number of carbonyl (C=O) groups excluding carboxylic acids is 2. The number of nitriles is 2. The number of carbonyl (C=O) groups is 2. The zero-order valence-corrected chi connectivity index (χ0v) is 15.1. The minimum Gasteiger partial charge on any atom is -0.274 e. The van der Waals surface area contributed by atoms with Crippen LogP contribution in [0, 0.1) is 22.7 Å². The molecular weight excluding hydrogens is 360 g/mol. The van der Waals surface area contributed by atoms with E-state index in [9.17, 15) is 14.9 Å². The third kappa shape index (κ3) is 3.07. The standard InChI is InChI=1S/C20H14N4O2S/c21-10-12-4-6-15(7-5-12)24-18(25)9-17(20(24)26)27-19-14(11-22)8-13-2-1-3-16(13)23-19/h4-8,17H,1-3,9H2. The van der Waals surface area contributed by atoms with Crippen LogP contribution in [0.3, 0.4) is 0 Å². The number of hydrogen-bond acceptors (Lipinski definition) is 6. The zero-order valence-electron chi connectivity index (χ0n) is 14.3. The lowest BCUT2D eigenvalue weighted by molar-refractivity contribution is -0.121. The van der Waals surface area contributed by atoms with Crippen molar-refractivity contribution in [3.05, 3.63) is 52.7 Å². The van der Waals surface area contributed by atoms with Crippen LogP contribution in [0.5, 0.6) is 0 Å². The van der Waals surface area contributed by atoms with Crippen LogP contribution >= 0.6 is 11.8 Å². The van der Waals surface area contributed by atoms with E-state index < -0.39 is 5.25 Å². The second kappa shape index (κ2) is 6.86. The van der Waals surface area contributed by atoms with E-state index in [0.717, 1.165) is 35.4 Å². The number of nitrogens with zero attached hydrogens (tertiary/aromatic N) is 4. The third-order valence-electron chi connectivity index (χ3n) is 4.75. The number of fused-ring (bicyclic) bond motifs is 1. The Kier molecular flexibility index (Phi) is 4.39. The van der Waals surface area contributed by atoms with Gasteiger partial charge in [0.2, 0.25) is 11.8 Å². The summed E-state index contributed by atoms with van der Waals surface area (Å²) in [5, 5.41) is 18.2. The number of amides is 2. The largest absolute Gasteiger partial charge is 0.274 e. The maximum Gasteiger partial charge on any atom is 0.247 e. The highest BCUT2D eigenvalue weighted by Crippen LogP contribution is 2.36. The van der Waals surface area contributed by atoms with Crippen LogP contribution in [0.15, 0.2) is 35.4 Å². The Morgan fingerprint density at radius 1 is 1.11 bits per heavy atom. The van der Waals surface area contributed by atoms with Crippen molar-refractivity contribution in [1.82, 2.24) is 4.98 Å². The molecule has 1 unspecified atom stereocenters. The van der Waals surface area contributed by atoms with Crippen LogP contribution in [0.2, 0.25) is 0 Å². The summed E-state index contributed by atoms with van der Waals surface area (Å²) in [6, 6.07) is 12.4. The van der Waals surface area contributed by atoms with E-state index in [-0.39, 0.29) is 18.2 Å². The molecule has 1 saturated heterocycles.